The van der Waals surface area contributed by atoms with Gasteiger partial charge < -0.3 is 10.6 Å². The van der Waals surface area contributed by atoms with Crippen molar-refractivity contribution in [1.82, 2.24) is 15.3 Å². The predicted octanol–water partition coefficient (Wildman–Crippen LogP) is 2.87. The molecule has 1 unspecified atom stereocenters. The Bertz CT molecular complexity index is 655. The molecule has 0 spiro atoms. The number of benzene rings is 1. The van der Waals surface area contributed by atoms with Crippen LogP contribution in [0.15, 0.2) is 49.1 Å². The largest absolute Gasteiger partial charge is 0.366 e. The van der Waals surface area contributed by atoms with Crippen molar-refractivity contribution < 1.29 is 4.79 Å². The highest BCUT2D eigenvalue weighted by Crippen LogP contribution is 2.13. The number of amides is 1. The molecule has 5 nitrogen and oxygen atoms in total. The minimum absolute atomic E-state index is 0.0893. The van der Waals surface area contributed by atoms with Crippen molar-refractivity contribution in [2.45, 2.75) is 19.9 Å². The van der Waals surface area contributed by atoms with Crippen molar-refractivity contribution in [3.05, 3.63) is 66.1 Å². The van der Waals surface area contributed by atoms with E-state index in [1.165, 1.54) is 0 Å². The van der Waals surface area contributed by atoms with E-state index in [-0.39, 0.29) is 11.9 Å². The van der Waals surface area contributed by atoms with E-state index in [1.807, 2.05) is 37.3 Å². The van der Waals surface area contributed by atoms with Gasteiger partial charge >= 0.3 is 0 Å². The average molecular weight is 296 g/mol. The predicted molar refractivity (Wildman–Crippen MR) is 87.8 cm³/mol. The van der Waals surface area contributed by atoms with Crippen molar-refractivity contribution in [1.29, 1.82) is 0 Å². The van der Waals surface area contributed by atoms with Crippen molar-refractivity contribution >= 4 is 11.7 Å². The molecule has 0 aliphatic carbocycles. The first-order valence-electron chi connectivity index (χ1n) is 7.16. The van der Waals surface area contributed by atoms with E-state index in [1.54, 1.807) is 19.1 Å². The summed E-state index contributed by atoms with van der Waals surface area (Å²) in [5.41, 5.74) is 1.40. The number of hydrogen-bond donors (Lipinski definition) is 2. The molecule has 5 heteroatoms. The van der Waals surface area contributed by atoms with Crippen LogP contribution in [-0.2, 0) is 0 Å². The zero-order chi connectivity index (χ0) is 15.9. The number of carbonyl (C=O) groups excluding carboxylic acids is 1. The van der Waals surface area contributed by atoms with Gasteiger partial charge in [-0.2, -0.15) is 0 Å². The maximum Gasteiger partial charge on any atom is 0.270 e. The molecule has 0 aliphatic heterocycles. The second kappa shape index (κ2) is 7.36. The quantitative estimate of drug-likeness (QED) is 0.804. The summed E-state index contributed by atoms with van der Waals surface area (Å²) in [5.74, 6) is 0.944. The fourth-order valence-corrected chi connectivity index (χ4v) is 2.05. The number of carbonyl (C=O) groups is 1. The minimum Gasteiger partial charge on any atom is -0.366 e. The van der Waals surface area contributed by atoms with Gasteiger partial charge in [-0.3, -0.25) is 4.79 Å². The highest BCUT2D eigenvalue weighted by atomic mass is 16.1. The fourth-order valence-electron chi connectivity index (χ4n) is 2.05. The van der Waals surface area contributed by atoms with E-state index in [9.17, 15) is 4.79 Å². The number of anilines is 1. The topological polar surface area (TPSA) is 66.9 Å². The molecular weight excluding hydrogens is 276 g/mol. The average Bonchev–Trinajstić information content (AvgIpc) is 2.53. The summed E-state index contributed by atoms with van der Waals surface area (Å²) in [6, 6.07) is 11.4. The first-order valence-corrected chi connectivity index (χ1v) is 7.16. The maximum atomic E-state index is 12.4. The first kappa shape index (κ1) is 15.7. The van der Waals surface area contributed by atoms with Crippen LogP contribution in [0.4, 0.5) is 5.82 Å². The van der Waals surface area contributed by atoms with Crippen LogP contribution in [0.3, 0.4) is 0 Å². The van der Waals surface area contributed by atoms with Gasteiger partial charge in [0.2, 0.25) is 0 Å². The van der Waals surface area contributed by atoms with Crippen molar-refractivity contribution in [2.75, 3.05) is 11.9 Å². The van der Waals surface area contributed by atoms with E-state index < -0.39 is 0 Å². The van der Waals surface area contributed by atoms with E-state index in [0.717, 1.165) is 5.56 Å². The second-order valence-electron chi connectivity index (χ2n) is 4.96. The SMILES string of the molecule is C=CCNc1cc(C(=O)NC(C)c2ccccc2)nc(C)n1. The van der Waals surface area contributed by atoms with Gasteiger partial charge in [0.05, 0.1) is 6.04 Å². The van der Waals surface area contributed by atoms with Crippen molar-refractivity contribution in [2.24, 2.45) is 0 Å². The smallest absolute Gasteiger partial charge is 0.270 e. The molecule has 1 amide bonds. The molecule has 0 saturated heterocycles. The Hall–Kier alpha value is -2.69. The van der Waals surface area contributed by atoms with E-state index >= 15 is 0 Å². The Morgan fingerprint density at radius 2 is 2.05 bits per heavy atom. The molecule has 0 bridgehead atoms. The molecule has 0 aliphatic rings. The molecule has 114 valence electrons. The van der Waals surface area contributed by atoms with Gasteiger partial charge in [-0.05, 0) is 19.4 Å². The Kier molecular flexibility index (Phi) is 5.25. The Labute approximate surface area is 130 Å². The summed E-state index contributed by atoms with van der Waals surface area (Å²) in [7, 11) is 0. The van der Waals surface area contributed by atoms with Crippen LogP contribution >= 0.6 is 0 Å². The molecule has 1 aromatic heterocycles. The third-order valence-corrected chi connectivity index (χ3v) is 3.15. The van der Waals surface area contributed by atoms with E-state index in [0.29, 0.717) is 23.9 Å². The second-order valence-corrected chi connectivity index (χ2v) is 4.96. The molecule has 0 radical (unpaired) electrons. The number of nitrogens with zero attached hydrogens (tertiary/aromatic N) is 2. The third kappa shape index (κ3) is 4.15. The van der Waals surface area contributed by atoms with Crippen molar-refractivity contribution in [3.63, 3.8) is 0 Å². The van der Waals surface area contributed by atoms with Gasteiger partial charge in [0, 0.05) is 12.6 Å². The molecule has 2 aromatic rings. The molecule has 0 saturated carbocycles. The maximum absolute atomic E-state index is 12.4. The normalized spacial score (nSPS) is 11.5. The van der Waals surface area contributed by atoms with Gasteiger partial charge in [0.1, 0.15) is 17.3 Å². The lowest BCUT2D eigenvalue weighted by molar-refractivity contribution is 0.0934. The highest BCUT2D eigenvalue weighted by molar-refractivity contribution is 5.93. The molecule has 2 N–H and O–H groups in total. The summed E-state index contributed by atoms with van der Waals surface area (Å²) < 4.78 is 0. The van der Waals surface area contributed by atoms with Gasteiger partial charge in [0.15, 0.2) is 0 Å². The molecule has 22 heavy (non-hydrogen) atoms. The summed E-state index contributed by atoms with van der Waals surface area (Å²) in [6.07, 6.45) is 1.73. The standard InChI is InChI=1S/C17H20N4O/c1-4-10-18-16-11-15(20-13(3)21-16)17(22)19-12(2)14-8-6-5-7-9-14/h4-9,11-12H,1,10H2,2-3H3,(H,19,22)(H,18,20,21). The van der Waals surface area contributed by atoms with E-state index in [2.05, 4.69) is 27.2 Å². The van der Waals surface area contributed by atoms with Crippen LogP contribution in [0.2, 0.25) is 0 Å². The number of hydrogen-bond acceptors (Lipinski definition) is 4. The van der Waals surface area contributed by atoms with Crippen LogP contribution in [-0.4, -0.2) is 22.4 Å². The number of rotatable bonds is 6. The monoisotopic (exact) mass is 296 g/mol. The molecule has 0 fully saturated rings. The summed E-state index contributed by atoms with van der Waals surface area (Å²) in [4.78, 5) is 20.8. The molecular formula is C17H20N4O. The summed E-state index contributed by atoms with van der Waals surface area (Å²) in [5, 5.41) is 6.01. The van der Waals surface area contributed by atoms with Crippen LogP contribution < -0.4 is 10.6 Å². The van der Waals surface area contributed by atoms with Gasteiger partial charge in [0.25, 0.3) is 5.91 Å². The number of aryl methyl sites for hydroxylation is 1. The Balaban J connectivity index is 2.12. The molecule has 1 aromatic carbocycles. The zero-order valence-corrected chi connectivity index (χ0v) is 12.8. The Morgan fingerprint density at radius 3 is 2.73 bits per heavy atom. The fraction of sp³-hybridized carbons (Fsp3) is 0.235. The number of nitrogens with one attached hydrogen (secondary N) is 2. The Morgan fingerprint density at radius 1 is 1.32 bits per heavy atom. The third-order valence-electron chi connectivity index (χ3n) is 3.15. The van der Waals surface area contributed by atoms with Crippen molar-refractivity contribution in [3.8, 4) is 0 Å². The van der Waals surface area contributed by atoms with Gasteiger partial charge in [-0.1, -0.05) is 36.4 Å². The van der Waals surface area contributed by atoms with Crippen LogP contribution in [0.25, 0.3) is 0 Å². The molecule has 1 heterocycles. The van der Waals surface area contributed by atoms with Crippen LogP contribution in [0, 0.1) is 6.92 Å². The summed E-state index contributed by atoms with van der Waals surface area (Å²) >= 11 is 0. The molecule has 1 atom stereocenters. The summed E-state index contributed by atoms with van der Waals surface area (Å²) in [6.45, 7) is 7.93. The highest BCUT2D eigenvalue weighted by Gasteiger charge is 2.14. The lowest BCUT2D eigenvalue weighted by Gasteiger charge is -2.14. The van der Waals surface area contributed by atoms with Crippen LogP contribution in [0.1, 0.15) is 34.8 Å². The van der Waals surface area contributed by atoms with Gasteiger partial charge in [-0.15, -0.1) is 6.58 Å². The first-order chi connectivity index (χ1) is 10.6. The lowest BCUT2D eigenvalue weighted by atomic mass is 10.1. The van der Waals surface area contributed by atoms with E-state index in [4.69, 9.17) is 0 Å². The minimum atomic E-state index is -0.219. The molecule has 2 rings (SSSR count). The zero-order valence-electron chi connectivity index (χ0n) is 12.8. The lowest BCUT2D eigenvalue weighted by Crippen LogP contribution is -2.28. The number of aromatic nitrogens is 2. The van der Waals surface area contributed by atoms with Gasteiger partial charge in [-0.25, -0.2) is 9.97 Å². The van der Waals surface area contributed by atoms with Crippen LogP contribution in [0.5, 0.6) is 0 Å².